The number of amidine groups is 1. The van der Waals surface area contributed by atoms with E-state index in [-0.39, 0.29) is 0 Å². The van der Waals surface area contributed by atoms with Gasteiger partial charge in [-0.15, -0.1) is 0 Å². The smallest absolute Gasteiger partial charge is 0.260 e. The Bertz CT molecular complexity index is 594. The van der Waals surface area contributed by atoms with Gasteiger partial charge in [0, 0.05) is 0 Å². The third-order valence-electron chi connectivity index (χ3n) is 2.84. The normalized spacial score (nSPS) is 15.9. The fourth-order valence-corrected chi connectivity index (χ4v) is 4.57. The minimum absolute atomic E-state index is 0.372. The number of thioether (sulfide) groups is 1. The largest absolute Gasteiger partial charge is 0.266 e. The van der Waals surface area contributed by atoms with Gasteiger partial charge in [-0.2, -0.15) is 0 Å². The number of aryl methyl sites for hydroxylation is 2. The summed E-state index contributed by atoms with van der Waals surface area (Å²) in [5.41, 5.74) is 1.84. The van der Waals surface area contributed by atoms with Gasteiger partial charge in [-0.25, -0.2) is 12.7 Å². The Balaban J connectivity index is 2.46. The summed E-state index contributed by atoms with van der Waals surface area (Å²) < 4.78 is 26.5. The first-order chi connectivity index (χ1) is 8.46. The van der Waals surface area contributed by atoms with Crippen molar-refractivity contribution in [2.75, 3.05) is 19.3 Å². The van der Waals surface area contributed by atoms with E-state index in [4.69, 9.17) is 0 Å². The van der Waals surface area contributed by atoms with Crippen molar-refractivity contribution in [3.05, 3.63) is 29.3 Å². The number of hydrogen-bond acceptors (Lipinski definition) is 4. The Kier molecular flexibility index (Phi) is 3.68. The van der Waals surface area contributed by atoms with Crippen molar-refractivity contribution < 1.29 is 8.42 Å². The zero-order chi connectivity index (χ0) is 13.3. The average molecular weight is 284 g/mol. The first-order valence-corrected chi connectivity index (χ1v) is 8.31. The van der Waals surface area contributed by atoms with Crippen LogP contribution < -0.4 is 0 Å². The monoisotopic (exact) mass is 284 g/mol. The van der Waals surface area contributed by atoms with Crippen LogP contribution in [0.25, 0.3) is 0 Å². The van der Waals surface area contributed by atoms with E-state index < -0.39 is 10.0 Å². The molecule has 4 nitrogen and oxygen atoms in total. The van der Waals surface area contributed by atoms with Crippen molar-refractivity contribution in [3.63, 3.8) is 0 Å². The molecule has 0 aromatic heterocycles. The van der Waals surface area contributed by atoms with Crippen LogP contribution in [0.3, 0.4) is 0 Å². The summed E-state index contributed by atoms with van der Waals surface area (Å²) in [7, 11) is -3.47. The molecule has 0 radical (unpaired) electrons. The van der Waals surface area contributed by atoms with Crippen molar-refractivity contribution in [1.29, 1.82) is 0 Å². The SMILES string of the molecule is CSC1=NCCN1S(=O)(=O)c1ccc(C)cc1C. The van der Waals surface area contributed by atoms with Crippen LogP contribution in [0, 0.1) is 13.8 Å². The Hall–Kier alpha value is -1.01. The highest BCUT2D eigenvalue weighted by molar-refractivity contribution is 8.14. The first kappa shape index (κ1) is 13.4. The molecule has 0 saturated heterocycles. The van der Waals surface area contributed by atoms with Crippen LogP contribution in [0.5, 0.6) is 0 Å². The third kappa shape index (κ3) is 2.27. The molecule has 0 aliphatic carbocycles. The molecule has 0 N–H and O–H groups in total. The summed E-state index contributed by atoms with van der Waals surface area (Å²) in [4.78, 5) is 4.57. The summed E-state index contributed by atoms with van der Waals surface area (Å²) in [5, 5.41) is 0.579. The van der Waals surface area contributed by atoms with Crippen LogP contribution in [0.1, 0.15) is 11.1 Å². The van der Waals surface area contributed by atoms with E-state index in [1.807, 2.05) is 32.2 Å². The predicted octanol–water partition coefficient (Wildman–Crippen LogP) is 2.03. The quantitative estimate of drug-likeness (QED) is 0.835. The molecule has 1 aromatic carbocycles. The Morgan fingerprint density at radius 1 is 1.33 bits per heavy atom. The number of benzene rings is 1. The summed E-state index contributed by atoms with van der Waals surface area (Å²) in [5.74, 6) is 0. The molecule has 0 saturated carbocycles. The van der Waals surface area contributed by atoms with E-state index in [2.05, 4.69) is 4.99 Å². The minimum Gasteiger partial charge on any atom is -0.260 e. The highest BCUT2D eigenvalue weighted by Gasteiger charge is 2.31. The molecule has 0 atom stereocenters. The van der Waals surface area contributed by atoms with Crippen molar-refractivity contribution in [1.82, 2.24) is 4.31 Å². The number of hydrogen-bond donors (Lipinski definition) is 0. The van der Waals surface area contributed by atoms with E-state index in [9.17, 15) is 8.42 Å². The van der Waals surface area contributed by atoms with Gasteiger partial charge in [0.25, 0.3) is 10.0 Å². The van der Waals surface area contributed by atoms with E-state index in [0.717, 1.165) is 11.1 Å². The van der Waals surface area contributed by atoms with Gasteiger partial charge in [0.05, 0.1) is 18.0 Å². The zero-order valence-electron chi connectivity index (χ0n) is 10.7. The predicted molar refractivity (Wildman–Crippen MR) is 75.6 cm³/mol. The summed E-state index contributed by atoms with van der Waals surface area (Å²) in [6, 6.07) is 5.39. The molecule has 18 heavy (non-hydrogen) atoms. The first-order valence-electron chi connectivity index (χ1n) is 5.65. The van der Waals surface area contributed by atoms with Gasteiger partial charge in [0.15, 0.2) is 5.17 Å². The van der Waals surface area contributed by atoms with E-state index in [0.29, 0.717) is 23.2 Å². The molecule has 98 valence electrons. The van der Waals surface area contributed by atoms with Gasteiger partial charge in [0.2, 0.25) is 0 Å². The maximum atomic E-state index is 12.6. The van der Waals surface area contributed by atoms with Crippen molar-refractivity contribution in [2.45, 2.75) is 18.7 Å². The van der Waals surface area contributed by atoms with E-state index >= 15 is 0 Å². The zero-order valence-corrected chi connectivity index (χ0v) is 12.3. The summed E-state index contributed by atoms with van der Waals surface area (Å²) >= 11 is 1.37. The number of rotatable bonds is 2. The van der Waals surface area contributed by atoms with Crippen LogP contribution in [0.2, 0.25) is 0 Å². The second kappa shape index (κ2) is 4.93. The third-order valence-corrected chi connectivity index (χ3v) is 5.62. The molecule has 0 bridgehead atoms. The summed E-state index contributed by atoms with van der Waals surface area (Å²) in [6.07, 6.45) is 1.84. The highest BCUT2D eigenvalue weighted by Crippen LogP contribution is 2.25. The lowest BCUT2D eigenvalue weighted by atomic mass is 10.2. The maximum absolute atomic E-state index is 12.6. The van der Waals surface area contributed by atoms with Crippen LogP contribution in [0.15, 0.2) is 28.1 Å². The van der Waals surface area contributed by atoms with Gasteiger partial charge in [-0.1, -0.05) is 29.5 Å². The van der Waals surface area contributed by atoms with Crippen LogP contribution >= 0.6 is 11.8 Å². The fourth-order valence-electron chi connectivity index (χ4n) is 2.01. The molecule has 0 fully saturated rings. The van der Waals surface area contributed by atoms with Crippen LogP contribution in [-0.2, 0) is 10.0 Å². The van der Waals surface area contributed by atoms with Crippen LogP contribution in [-0.4, -0.2) is 37.2 Å². The molecular weight excluding hydrogens is 268 g/mol. The summed E-state index contributed by atoms with van der Waals surface area (Å²) in [6.45, 7) is 4.76. The van der Waals surface area contributed by atoms with Crippen molar-refractivity contribution in [3.8, 4) is 0 Å². The fraction of sp³-hybridized carbons (Fsp3) is 0.417. The number of aliphatic imine (C=N–C) groups is 1. The Morgan fingerprint density at radius 3 is 2.67 bits per heavy atom. The van der Waals surface area contributed by atoms with Crippen LogP contribution in [0.4, 0.5) is 0 Å². The van der Waals surface area contributed by atoms with Gasteiger partial charge in [-0.05, 0) is 31.7 Å². The lowest BCUT2D eigenvalue weighted by Crippen LogP contribution is -2.33. The maximum Gasteiger partial charge on any atom is 0.266 e. The molecular formula is C12H16N2O2S2. The molecule has 6 heteroatoms. The van der Waals surface area contributed by atoms with Crippen molar-refractivity contribution in [2.24, 2.45) is 4.99 Å². The Labute approximate surface area is 112 Å². The molecule has 2 rings (SSSR count). The molecule has 0 spiro atoms. The molecule has 0 amide bonds. The molecule has 1 aromatic rings. The Morgan fingerprint density at radius 2 is 2.06 bits per heavy atom. The topological polar surface area (TPSA) is 49.7 Å². The van der Waals surface area contributed by atoms with E-state index in [1.54, 1.807) is 6.07 Å². The molecule has 1 heterocycles. The molecule has 1 aliphatic rings. The van der Waals surface area contributed by atoms with Gasteiger partial charge < -0.3 is 0 Å². The lowest BCUT2D eigenvalue weighted by molar-refractivity contribution is 0.539. The van der Waals surface area contributed by atoms with Gasteiger partial charge >= 0.3 is 0 Å². The lowest BCUT2D eigenvalue weighted by Gasteiger charge is -2.20. The standard InChI is InChI=1S/C12H16N2O2S2/c1-9-4-5-11(10(2)8-9)18(15,16)14-7-6-13-12(14)17-3/h4-5,8H,6-7H2,1-3H3. The van der Waals surface area contributed by atoms with Gasteiger partial charge in [0.1, 0.15) is 0 Å². The van der Waals surface area contributed by atoms with Gasteiger partial charge in [-0.3, -0.25) is 4.99 Å². The average Bonchev–Trinajstić information content (AvgIpc) is 2.76. The number of sulfonamides is 1. The van der Waals surface area contributed by atoms with E-state index in [1.165, 1.54) is 16.1 Å². The van der Waals surface area contributed by atoms with Crippen molar-refractivity contribution >= 4 is 27.0 Å². The minimum atomic E-state index is -3.47. The second-order valence-corrected chi connectivity index (χ2v) is 6.82. The second-order valence-electron chi connectivity index (χ2n) is 4.21. The molecule has 1 aliphatic heterocycles. The highest BCUT2D eigenvalue weighted by atomic mass is 32.2. The number of nitrogens with zero attached hydrogens (tertiary/aromatic N) is 2. The molecule has 0 unspecified atom stereocenters.